The van der Waals surface area contributed by atoms with Crippen LogP contribution >= 0.6 is 15.9 Å². The fourth-order valence-electron chi connectivity index (χ4n) is 1.93. The van der Waals surface area contributed by atoms with Gasteiger partial charge in [-0.3, -0.25) is 4.79 Å². The summed E-state index contributed by atoms with van der Waals surface area (Å²) in [5, 5.41) is 2.66. The Balaban J connectivity index is 1.66. The fraction of sp³-hybridized carbons (Fsp3) is 0.250. The molecule has 1 aromatic carbocycles. The van der Waals surface area contributed by atoms with Gasteiger partial charge in [-0.15, -0.1) is 0 Å². The Morgan fingerprint density at radius 2 is 2.18 bits per heavy atom. The van der Waals surface area contributed by atoms with Crippen molar-refractivity contribution < 1.29 is 13.9 Å². The van der Waals surface area contributed by atoms with E-state index in [1.165, 1.54) is 12.3 Å². The van der Waals surface area contributed by atoms with Gasteiger partial charge in [0.1, 0.15) is 10.4 Å². The van der Waals surface area contributed by atoms with Gasteiger partial charge in [0.05, 0.1) is 12.7 Å². The summed E-state index contributed by atoms with van der Waals surface area (Å²) in [7, 11) is 0. The Bertz CT molecular complexity index is 704. The molecule has 1 aliphatic rings. The molecule has 0 atom stereocenters. The van der Waals surface area contributed by atoms with Crippen LogP contribution in [-0.4, -0.2) is 17.0 Å². The second-order valence-corrected chi connectivity index (χ2v) is 5.95. The maximum absolute atomic E-state index is 14.0. The molecule has 1 aliphatic carbocycles. The van der Waals surface area contributed by atoms with E-state index >= 15 is 0 Å². The van der Waals surface area contributed by atoms with E-state index < -0.39 is 0 Å². The lowest BCUT2D eigenvalue weighted by Gasteiger charge is -2.08. The van der Waals surface area contributed by atoms with Crippen LogP contribution in [0.15, 0.2) is 41.1 Å². The van der Waals surface area contributed by atoms with Gasteiger partial charge in [-0.25, -0.2) is 9.37 Å². The van der Waals surface area contributed by atoms with Crippen molar-refractivity contribution in [2.45, 2.75) is 25.6 Å². The van der Waals surface area contributed by atoms with Crippen molar-refractivity contribution >= 4 is 27.5 Å². The fourth-order valence-corrected chi connectivity index (χ4v) is 2.30. The molecule has 0 bridgehead atoms. The standard InChI is InChI=1S/C16H14BrFN2O2/c17-15-7-10(5-6-19-15)16(21)20-12-2-1-11(14(18)8-12)9-22-13-3-4-13/h1-2,5-8,13H,3-4,9H2,(H,20,21). The smallest absolute Gasteiger partial charge is 0.255 e. The van der Waals surface area contributed by atoms with E-state index in [-0.39, 0.29) is 24.4 Å². The molecule has 1 N–H and O–H groups in total. The number of nitrogens with zero attached hydrogens (tertiary/aromatic N) is 1. The molecule has 0 unspecified atom stereocenters. The molecule has 114 valence electrons. The molecule has 6 heteroatoms. The molecule has 0 saturated heterocycles. The molecule has 1 saturated carbocycles. The van der Waals surface area contributed by atoms with Crippen molar-refractivity contribution in [1.29, 1.82) is 0 Å². The van der Waals surface area contributed by atoms with E-state index in [1.807, 2.05) is 0 Å². The van der Waals surface area contributed by atoms with Gasteiger partial charge in [0.2, 0.25) is 0 Å². The summed E-state index contributed by atoms with van der Waals surface area (Å²) in [6.45, 7) is 0.266. The van der Waals surface area contributed by atoms with Gasteiger partial charge < -0.3 is 10.1 Å². The zero-order chi connectivity index (χ0) is 15.5. The predicted molar refractivity (Wildman–Crippen MR) is 84.1 cm³/mol. The van der Waals surface area contributed by atoms with Gasteiger partial charge >= 0.3 is 0 Å². The van der Waals surface area contributed by atoms with E-state index in [2.05, 4.69) is 26.2 Å². The molecule has 0 radical (unpaired) electrons. The van der Waals surface area contributed by atoms with Crippen LogP contribution in [0.3, 0.4) is 0 Å². The van der Waals surface area contributed by atoms with Crippen LogP contribution in [-0.2, 0) is 11.3 Å². The number of carbonyl (C=O) groups excluding carboxylic acids is 1. The highest BCUT2D eigenvalue weighted by atomic mass is 79.9. The van der Waals surface area contributed by atoms with Gasteiger partial charge in [-0.2, -0.15) is 0 Å². The van der Waals surface area contributed by atoms with Crippen molar-refractivity contribution in [1.82, 2.24) is 4.98 Å². The van der Waals surface area contributed by atoms with Gasteiger partial charge in [0, 0.05) is 23.0 Å². The number of ether oxygens (including phenoxy) is 1. The summed E-state index contributed by atoms with van der Waals surface area (Å²) in [5.74, 6) is -0.696. The number of carbonyl (C=O) groups is 1. The number of amides is 1. The summed E-state index contributed by atoms with van der Waals surface area (Å²) in [6.07, 6.45) is 3.91. The summed E-state index contributed by atoms with van der Waals surface area (Å²) >= 11 is 3.21. The third-order valence-electron chi connectivity index (χ3n) is 3.30. The Morgan fingerprint density at radius 3 is 2.86 bits per heavy atom. The average Bonchev–Trinajstić information content (AvgIpc) is 3.30. The number of hydrogen-bond acceptors (Lipinski definition) is 3. The second-order valence-electron chi connectivity index (χ2n) is 5.14. The Hall–Kier alpha value is -1.79. The van der Waals surface area contributed by atoms with Gasteiger partial charge in [0.25, 0.3) is 5.91 Å². The summed E-state index contributed by atoms with van der Waals surface area (Å²) in [6, 6.07) is 7.80. The first kappa shape index (κ1) is 15.1. The van der Waals surface area contributed by atoms with Gasteiger partial charge in [-0.05, 0) is 53.0 Å². The van der Waals surface area contributed by atoms with Crippen LogP contribution < -0.4 is 5.32 Å². The third-order valence-corrected chi connectivity index (χ3v) is 3.73. The number of rotatable bonds is 5. The lowest BCUT2D eigenvalue weighted by molar-refractivity contribution is 0.102. The van der Waals surface area contributed by atoms with Crippen LogP contribution in [0.25, 0.3) is 0 Å². The monoisotopic (exact) mass is 364 g/mol. The lowest BCUT2D eigenvalue weighted by atomic mass is 10.2. The molecule has 1 heterocycles. The van der Waals surface area contributed by atoms with Crippen molar-refractivity contribution in [2.75, 3.05) is 5.32 Å². The zero-order valence-electron chi connectivity index (χ0n) is 11.7. The summed E-state index contributed by atoms with van der Waals surface area (Å²) in [5.41, 5.74) is 1.35. The van der Waals surface area contributed by atoms with Gasteiger partial charge in [0.15, 0.2) is 0 Å². The molecule has 0 aliphatic heterocycles. The number of aromatic nitrogens is 1. The number of anilines is 1. The van der Waals surface area contributed by atoms with E-state index in [0.717, 1.165) is 12.8 Å². The minimum atomic E-state index is -0.380. The van der Waals surface area contributed by atoms with Crippen molar-refractivity contribution in [3.8, 4) is 0 Å². The van der Waals surface area contributed by atoms with Crippen LogP contribution in [0, 0.1) is 5.82 Å². The predicted octanol–water partition coefficient (Wildman–Crippen LogP) is 3.91. The average molecular weight is 365 g/mol. The maximum atomic E-state index is 14.0. The largest absolute Gasteiger partial charge is 0.373 e. The number of benzene rings is 1. The first-order valence-corrected chi connectivity index (χ1v) is 7.74. The Labute approximate surface area is 135 Å². The molecule has 3 rings (SSSR count). The van der Waals surface area contributed by atoms with Crippen molar-refractivity contribution in [2.24, 2.45) is 0 Å². The lowest BCUT2D eigenvalue weighted by Crippen LogP contribution is -2.12. The Kier molecular flexibility index (Phi) is 4.49. The second kappa shape index (κ2) is 6.54. The van der Waals surface area contributed by atoms with Crippen molar-refractivity contribution in [3.63, 3.8) is 0 Å². The highest BCUT2D eigenvalue weighted by Gasteiger charge is 2.22. The first-order chi connectivity index (χ1) is 10.6. The topological polar surface area (TPSA) is 51.2 Å². The number of hydrogen-bond donors (Lipinski definition) is 1. The van der Waals surface area contributed by atoms with Crippen molar-refractivity contribution in [3.05, 3.63) is 58.1 Å². The molecule has 22 heavy (non-hydrogen) atoms. The quantitative estimate of drug-likeness (QED) is 0.818. The maximum Gasteiger partial charge on any atom is 0.255 e. The molecule has 4 nitrogen and oxygen atoms in total. The van der Waals surface area contributed by atoms with Crippen LogP contribution in [0.2, 0.25) is 0 Å². The summed E-state index contributed by atoms with van der Waals surface area (Å²) < 4.78 is 20.0. The zero-order valence-corrected chi connectivity index (χ0v) is 13.3. The molecular weight excluding hydrogens is 351 g/mol. The van der Waals surface area contributed by atoms with E-state index in [9.17, 15) is 9.18 Å². The number of halogens is 2. The van der Waals surface area contributed by atoms with E-state index in [4.69, 9.17) is 4.74 Å². The molecule has 1 fully saturated rings. The first-order valence-electron chi connectivity index (χ1n) is 6.95. The SMILES string of the molecule is O=C(Nc1ccc(COC2CC2)c(F)c1)c1ccnc(Br)c1. The van der Waals surface area contributed by atoms with E-state index in [0.29, 0.717) is 21.4 Å². The normalized spacial score (nSPS) is 13.9. The highest BCUT2D eigenvalue weighted by molar-refractivity contribution is 9.10. The van der Waals surface area contributed by atoms with Gasteiger partial charge in [-0.1, -0.05) is 6.07 Å². The summed E-state index contributed by atoms with van der Waals surface area (Å²) in [4.78, 5) is 16.0. The highest BCUT2D eigenvalue weighted by Crippen LogP contribution is 2.25. The minimum Gasteiger partial charge on any atom is -0.373 e. The minimum absolute atomic E-state index is 0.266. The third kappa shape index (κ3) is 3.90. The number of pyridine rings is 1. The molecule has 2 aromatic rings. The molecular formula is C16H14BrFN2O2. The molecule has 1 aromatic heterocycles. The van der Waals surface area contributed by atoms with Crippen LogP contribution in [0.5, 0.6) is 0 Å². The van der Waals surface area contributed by atoms with E-state index in [1.54, 1.807) is 24.3 Å². The molecule has 0 spiro atoms. The van der Waals surface area contributed by atoms with Crippen LogP contribution in [0.1, 0.15) is 28.8 Å². The van der Waals surface area contributed by atoms with Crippen LogP contribution in [0.4, 0.5) is 10.1 Å². The Morgan fingerprint density at radius 1 is 1.36 bits per heavy atom. The molecule has 1 amide bonds. The number of nitrogens with one attached hydrogen (secondary N) is 1.